The fraction of sp³-hybridized carbons (Fsp3) is 0.133. The van der Waals surface area contributed by atoms with Gasteiger partial charge >= 0.3 is 0 Å². The van der Waals surface area contributed by atoms with E-state index in [0.29, 0.717) is 0 Å². The number of nitrogens with two attached hydrogens (primary N) is 1. The van der Waals surface area contributed by atoms with Gasteiger partial charge in [-0.15, -0.1) is 0 Å². The van der Waals surface area contributed by atoms with Crippen LogP contribution < -0.4 is 5.73 Å². The second kappa shape index (κ2) is 6.26. The minimum absolute atomic E-state index is 0.124. The lowest BCUT2D eigenvalue weighted by Gasteiger charge is -2.04. The molecule has 2 aromatic rings. The monoisotopic (exact) mass is 256 g/mol. The standard InChI is InChI=1S/C15H16N2S/c16-15(17)14-8-6-13(7-9-14)11-18-10-12-4-2-1-3-5-12/h1-9H,10-11H2,(H3,16,17). The van der Waals surface area contributed by atoms with Crippen LogP contribution in [0.25, 0.3) is 0 Å². The molecule has 0 saturated carbocycles. The molecule has 0 aromatic heterocycles. The van der Waals surface area contributed by atoms with Crippen LogP contribution >= 0.6 is 11.8 Å². The fourth-order valence-corrected chi connectivity index (χ4v) is 2.60. The summed E-state index contributed by atoms with van der Waals surface area (Å²) < 4.78 is 0. The quantitative estimate of drug-likeness (QED) is 0.636. The van der Waals surface area contributed by atoms with E-state index in [4.69, 9.17) is 11.1 Å². The summed E-state index contributed by atoms with van der Waals surface area (Å²) >= 11 is 1.89. The lowest BCUT2D eigenvalue weighted by Crippen LogP contribution is -2.10. The summed E-state index contributed by atoms with van der Waals surface area (Å²) in [6, 6.07) is 18.3. The van der Waals surface area contributed by atoms with E-state index < -0.39 is 0 Å². The van der Waals surface area contributed by atoms with Crippen LogP contribution in [0.3, 0.4) is 0 Å². The number of nitrogen functional groups attached to an aromatic ring is 1. The average Bonchev–Trinajstić information content (AvgIpc) is 2.40. The Labute approximate surface area is 112 Å². The van der Waals surface area contributed by atoms with Crippen molar-refractivity contribution in [1.82, 2.24) is 0 Å². The molecule has 0 saturated heterocycles. The van der Waals surface area contributed by atoms with Crippen molar-refractivity contribution in [3.63, 3.8) is 0 Å². The molecule has 2 rings (SSSR count). The number of amidine groups is 1. The predicted molar refractivity (Wildman–Crippen MR) is 78.9 cm³/mol. The summed E-state index contributed by atoms with van der Waals surface area (Å²) in [5, 5.41) is 7.33. The normalized spacial score (nSPS) is 10.2. The molecule has 0 amide bonds. The van der Waals surface area contributed by atoms with Crippen LogP contribution in [-0.4, -0.2) is 5.84 Å². The number of rotatable bonds is 5. The number of nitrogens with one attached hydrogen (secondary N) is 1. The first-order valence-corrected chi connectivity index (χ1v) is 6.96. The Morgan fingerprint density at radius 2 is 1.44 bits per heavy atom. The van der Waals surface area contributed by atoms with E-state index in [2.05, 4.69) is 24.3 Å². The second-order valence-corrected chi connectivity index (χ2v) is 5.07. The van der Waals surface area contributed by atoms with Gasteiger partial charge in [0, 0.05) is 17.1 Å². The topological polar surface area (TPSA) is 49.9 Å². The van der Waals surface area contributed by atoms with Crippen molar-refractivity contribution in [2.24, 2.45) is 5.73 Å². The molecule has 0 fully saturated rings. The molecule has 0 spiro atoms. The number of thioether (sulfide) groups is 1. The Hall–Kier alpha value is -1.74. The molecule has 0 bridgehead atoms. The van der Waals surface area contributed by atoms with E-state index >= 15 is 0 Å². The second-order valence-electron chi connectivity index (χ2n) is 4.09. The van der Waals surface area contributed by atoms with Crippen molar-refractivity contribution >= 4 is 17.6 Å². The van der Waals surface area contributed by atoms with Crippen molar-refractivity contribution in [3.8, 4) is 0 Å². The van der Waals surface area contributed by atoms with E-state index in [0.717, 1.165) is 17.1 Å². The molecule has 92 valence electrons. The molecule has 0 atom stereocenters. The smallest absolute Gasteiger partial charge is 0.122 e. The molecule has 0 aliphatic heterocycles. The van der Waals surface area contributed by atoms with Crippen molar-refractivity contribution in [1.29, 1.82) is 5.41 Å². The van der Waals surface area contributed by atoms with Gasteiger partial charge in [-0.25, -0.2) is 0 Å². The summed E-state index contributed by atoms with van der Waals surface area (Å²) in [5.74, 6) is 2.13. The van der Waals surface area contributed by atoms with Crippen molar-refractivity contribution in [2.45, 2.75) is 11.5 Å². The van der Waals surface area contributed by atoms with Crippen LogP contribution in [0.15, 0.2) is 54.6 Å². The maximum absolute atomic E-state index is 7.33. The van der Waals surface area contributed by atoms with Gasteiger partial charge in [0.25, 0.3) is 0 Å². The van der Waals surface area contributed by atoms with Gasteiger partial charge in [0.15, 0.2) is 0 Å². The van der Waals surface area contributed by atoms with Gasteiger partial charge in [-0.1, -0.05) is 54.6 Å². The Kier molecular flexibility index (Phi) is 4.42. The largest absolute Gasteiger partial charge is 0.384 e. The molecular formula is C15H16N2S. The molecule has 18 heavy (non-hydrogen) atoms. The highest BCUT2D eigenvalue weighted by Crippen LogP contribution is 2.17. The Balaban J connectivity index is 1.85. The first-order chi connectivity index (χ1) is 8.75. The molecular weight excluding hydrogens is 240 g/mol. The number of hydrogen-bond acceptors (Lipinski definition) is 2. The summed E-state index contributed by atoms with van der Waals surface area (Å²) in [4.78, 5) is 0. The highest BCUT2D eigenvalue weighted by atomic mass is 32.2. The first-order valence-electron chi connectivity index (χ1n) is 5.81. The lowest BCUT2D eigenvalue weighted by molar-refractivity contribution is 1.35. The van der Waals surface area contributed by atoms with Gasteiger partial charge < -0.3 is 5.73 Å². The maximum Gasteiger partial charge on any atom is 0.122 e. The molecule has 0 heterocycles. The van der Waals surface area contributed by atoms with Gasteiger partial charge in [-0.2, -0.15) is 11.8 Å². The third-order valence-corrected chi connectivity index (χ3v) is 3.72. The van der Waals surface area contributed by atoms with Crippen LogP contribution in [-0.2, 0) is 11.5 Å². The third-order valence-electron chi connectivity index (χ3n) is 2.65. The molecule has 3 N–H and O–H groups in total. The minimum atomic E-state index is 0.124. The zero-order chi connectivity index (χ0) is 12.8. The zero-order valence-corrected chi connectivity index (χ0v) is 10.9. The number of hydrogen-bond donors (Lipinski definition) is 2. The molecule has 0 radical (unpaired) electrons. The van der Waals surface area contributed by atoms with Crippen molar-refractivity contribution in [3.05, 3.63) is 71.3 Å². The van der Waals surface area contributed by atoms with E-state index in [1.54, 1.807) is 0 Å². The van der Waals surface area contributed by atoms with Gasteiger partial charge in [0.2, 0.25) is 0 Å². The highest BCUT2D eigenvalue weighted by molar-refractivity contribution is 7.97. The molecule has 0 aliphatic rings. The summed E-state index contributed by atoms with van der Waals surface area (Å²) in [6.45, 7) is 0. The van der Waals surface area contributed by atoms with Crippen LogP contribution in [0.4, 0.5) is 0 Å². The molecule has 0 aliphatic carbocycles. The lowest BCUT2D eigenvalue weighted by atomic mass is 10.1. The zero-order valence-electron chi connectivity index (χ0n) is 10.1. The highest BCUT2D eigenvalue weighted by Gasteiger charge is 1.98. The fourth-order valence-electron chi connectivity index (χ4n) is 1.64. The predicted octanol–water partition coefficient (Wildman–Crippen LogP) is 3.40. The van der Waals surface area contributed by atoms with Gasteiger partial charge in [-0.05, 0) is 11.1 Å². The Bertz CT molecular complexity index is 506. The summed E-state index contributed by atoms with van der Waals surface area (Å²) in [5.41, 5.74) is 8.82. The molecule has 3 heteroatoms. The van der Waals surface area contributed by atoms with Gasteiger partial charge in [0.1, 0.15) is 5.84 Å². The molecule has 2 nitrogen and oxygen atoms in total. The maximum atomic E-state index is 7.33. The summed E-state index contributed by atoms with van der Waals surface area (Å²) in [6.07, 6.45) is 0. The molecule has 2 aromatic carbocycles. The van der Waals surface area contributed by atoms with Crippen molar-refractivity contribution < 1.29 is 0 Å². The van der Waals surface area contributed by atoms with Crippen LogP contribution in [0.2, 0.25) is 0 Å². The third kappa shape index (κ3) is 3.64. The van der Waals surface area contributed by atoms with Crippen molar-refractivity contribution in [2.75, 3.05) is 0 Å². The van der Waals surface area contributed by atoms with Crippen LogP contribution in [0.1, 0.15) is 16.7 Å². The van der Waals surface area contributed by atoms with E-state index in [1.807, 2.05) is 42.1 Å². The van der Waals surface area contributed by atoms with Gasteiger partial charge in [0.05, 0.1) is 0 Å². The SMILES string of the molecule is N=C(N)c1ccc(CSCc2ccccc2)cc1. The number of benzene rings is 2. The van der Waals surface area contributed by atoms with E-state index in [-0.39, 0.29) is 5.84 Å². The summed E-state index contributed by atoms with van der Waals surface area (Å²) in [7, 11) is 0. The van der Waals surface area contributed by atoms with E-state index in [1.165, 1.54) is 11.1 Å². The van der Waals surface area contributed by atoms with Crippen LogP contribution in [0.5, 0.6) is 0 Å². The average molecular weight is 256 g/mol. The molecule has 0 unspecified atom stereocenters. The minimum Gasteiger partial charge on any atom is -0.384 e. The Morgan fingerprint density at radius 1 is 0.889 bits per heavy atom. The first kappa shape index (κ1) is 12.7. The van der Waals surface area contributed by atoms with E-state index in [9.17, 15) is 0 Å². The van der Waals surface area contributed by atoms with Gasteiger partial charge in [-0.3, -0.25) is 5.41 Å². The Morgan fingerprint density at radius 3 is 2.00 bits per heavy atom. The van der Waals surface area contributed by atoms with Crippen LogP contribution in [0, 0.1) is 5.41 Å².